The van der Waals surface area contributed by atoms with Crippen molar-refractivity contribution in [2.24, 2.45) is 5.92 Å². The van der Waals surface area contributed by atoms with Crippen LogP contribution >= 0.6 is 0 Å². The number of likely N-dealkylation sites (tertiary alicyclic amines) is 1. The third kappa shape index (κ3) is 4.47. The minimum Gasteiger partial charge on any atom is -0.466 e. The largest absolute Gasteiger partial charge is 0.466 e. The molecular weight excluding hydrogens is 306 g/mol. The van der Waals surface area contributed by atoms with Crippen LogP contribution in [0.15, 0.2) is 0 Å². The number of carbonyl (C=O) groups is 2. The highest BCUT2D eigenvalue weighted by Crippen LogP contribution is 2.28. The molecule has 1 N–H and O–H groups in total. The van der Waals surface area contributed by atoms with Crippen molar-refractivity contribution in [1.82, 2.24) is 10.2 Å². The number of hydrogen-bond acceptors (Lipinski definition) is 5. The quantitative estimate of drug-likeness (QED) is 0.777. The van der Waals surface area contributed by atoms with Crippen molar-refractivity contribution in [2.75, 3.05) is 19.7 Å². The summed E-state index contributed by atoms with van der Waals surface area (Å²) in [5, 5.41) is 12.5. The van der Waals surface area contributed by atoms with Gasteiger partial charge in [-0.1, -0.05) is 19.3 Å². The van der Waals surface area contributed by atoms with Crippen LogP contribution in [0.2, 0.25) is 0 Å². The van der Waals surface area contributed by atoms with Crippen LogP contribution in [-0.2, 0) is 14.3 Å². The van der Waals surface area contributed by atoms with E-state index in [-0.39, 0.29) is 23.8 Å². The normalized spacial score (nSPS) is 25.3. The highest BCUT2D eigenvalue weighted by molar-refractivity contribution is 5.82. The Morgan fingerprint density at radius 1 is 1.33 bits per heavy atom. The number of esters is 1. The average Bonchev–Trinajstić information content (AvgIpc) is 2.62. The van der Waals surface area contributed by atoms with Gasteiger partial charge >= 0.3 is 5.97 Å². The molecule has 1 heterocycles. The molecule has 0 radical (unpaired) electrons. The van der Waals surface area contributed by atoms with E-state index in [0.29, 0.717) is 13.2 Å². The summed E-state index contributed by atoms with van der Waals surface area (Å²) in [7, 11) is 0. The van der Waals surface area contributed by atoms with Crippen LogP contribution in [0.1, 0.15) is 58.8 Å². The van der Waals surface area contributed by atoms with Gasteiger partial charge in [0.15, 0.2) is 0 Å². The van der Waals surface area contributed by atoms with Crippen molar-refractivity contribution in [1.29, 1.82) is 5.26 Å². The molecular formula is C18H29N3O3. The molecule has 1 saturated heterocycles. The predicted octanol–water partition coefficient (Wildman–Crippen LogP) is 1.99. The zero-order chi connectivity index (χ0) is 17.6. The Balaban J connectivity index is 1.94. The Morgan fingerprint density at radius 3 is 2.67 bits per heavy atom. The maximum Gasteiger partial charge on any atom is 0.310 e. The van der Waals surface area contributed by atoms with Crippen LogP contribution in [-0.4, -0.2) is 48.1 Å². The Morgan fingerprint density at radius 2 is 2.04 bits per heavy atom. The lowest BCUT2D eigenvalue weighted by atomic mass is 9.82. The first-order chi connectivity index (χ1) is 11.5. The molecule has 6 nitrogen and oxygen atoms in total. The van der Waals surface area contributed by atoms with Crippen molar-refractivity contribution < 1.29 is 14.3 Å². The summed E-state index contributed by atoms with van der Waals surface area (Å²) < 4.78 is 5.12. The Hall–Kier alpha value is -1.61. The molecule has 2 rings (SSSR count). The van der Waals surface area contributed by atoms with Gasteiger partial charge in [-0.2, -0.15) is 5.26 Å². The zero-order valence-electron chi connectivity index (χ0n) is 14.8. The summed E-state index contributed by atoms with van der Waals surface area (Å²) in [6.45, 7) is 5.39. The molecule has 0 aromatic heterocycles. The van der Waals surface area contributed by atoms with Crippen molar-refractivity contribution in [3.05, 3.63) is 0 Å². The lowest BCUT2D eigenvalue weighted by Crippen LogP contribution is -2.56. The smallest absolute Gasteiger partial charge is 0.310 e. The first-order valence-corrected chi connectivity index (χ1v) is 9.15. The summed E-state index contributed by atoms with van der Waals surface area (Å²) >= 11 is 0. The molecule has 2 aliphatic rings. The second-order valence-electron chi connectivity index (χ2n) is 7.01. The molecule has 0 aromatic rings. The lowest BCUT2D eigenvalue weighted by molar-refractivity contribution is -0.151. The van der Waals surface area contributed by atoms with Crippen LogP contribution in [0, 0.1) is 17.2 Å². The molecule has 1 saturated carbocycles. The third-order valence-electron chi connectivity index (χ3n) is 5.28. The minimum absolute atomic E-state index is 0.108. The maximum absolute atomic E-state index is 12.7. The van der Waals surface area contributed by atoms with E-state index in [4.69, 9.17) is 4.74 Å². The van der Waals surface area contributed by atoms with Crippen LogP contribution in [0.5, 0.6) is 0 Å². The number of nitrogens with one attached hydrogen (secondary N) is 1. The summed E-state index contributed by atoms with van der Waals surface area (Å²) in [6, 6.07) is 1.99. The molecule has 1 aliphatic heterocycles. The van der Waals surface area contributed by atoms with Gasteiger partial charge in [0, 0.05) is 6.54 Å². The van der Waals surface area contributed by atoms with Gasteiger partial charge in [-0.15, -0.1) is 0 Å². The predicted molar refractivity (Wildman–Crippen MR) is 90.0 cm³/mol. The van der Waals surface area contributed by atoms with Gasteiger partial charge in [-0.25, -0.2) is 0 Å². The molecule has 2 fully saturated rings. The second kappa shape index (κ2) is 8.48. The van der Waals surface area contributed by atoms with E-state index in [1.165, 1.54) is 0 Å². The van der Waals surface area contributed by atoms with Crippen molar-refractivity contribution in [2.45, 2.75) is 70.4 Å². The van der Waals surface area contributed by atoms with Gasteiger partial charge in [-0.05, 0) is 46.1 Å². The highest BCUT2D eigenvalue weighted by Gasteiger charge is 2.37. The molecule has 134 valence electrons. The molecule has 2 atom stereocenters. The van der Waals surface area contributed by atoms with Gasteiger partial charge in [0.25, 0.3) is 0 Å². The van der Waals surface area contributed by atoms with Crippen molar-refractivity contribution >= 4 is 11.9 Å². The summed E-state index contributed by atoms with van der Waals surface area (Å²) in [5.41, 5.74) is -0.708. The lowest BCUT2D eigenvalue weighted by Gasteiger charge is -2.37. The fraction of sp³-hybridized carbons (Fsp3) is 0.833. The molecule has 24 heavy (non-hydrogen) atoms. The van der Waals surface area contributed by atoms with Crippen molar-refractivity contribution in [3.63, 3.8) is 0 Å². The van der Waals surface area contributed by atoms with Crippen LogP contribution in [0.3, 0.4) is 0 Å². The Labute approximate surface area is 144 Å². The summed E-state index contributed by atoms with van der Waals surface area (Å²) in [5.74, 6) is -0.438. The van der Waals surface area contributed by atoms with Crippen molar-refractivity contribution in [3.8, 4) is 6.07 Å². The minimum atomic E-state index is -0.708. The first-order valence-electron chi connectivity index (χ1n) is 9.15. The molecule has 1 aliphatic carbocycles. The van der Waals surface area contributed by atoms with E-state index in [2.05, 4.69) is 11.4 Å². The van der Waals surface area contributed by atoms with E-state index in [9.17, 15) is 14.9 Å². The molecule has 1 amide bonds. The Kier molecular flexibility index (Phi) is 6.61. The number of amides is 1. The van der Waals surface area contributed by atoms with Gasteiger partial charge in [0.1, 0.15) is 5.54 Å². The molecule has 2 unspecified atom stereocenters. The van der Waals surface area contributed by atoms with Crippen LogP contribution in [0.4, 0.5) is 0 Å². The number of ether oxygens (including phenoxy) is 1. The fourth-order valence-corrected chi connectivity index (χ4v) is 3.74. The van der Waals surface area contributed by atoms with E-state index >= 15 is 0 Å². The SMILES string of the molecule is CCOC(=O)C1CCCN(C(C)C(=O)NC2(C#N)CCCCC2)C1. The monoisotopic (exact) mass is 335 g/mol. The van der Waals surface area contributed by atoms with Crippen LogP contribution < -0.4 is 5.32 Å². The molecule has 0 spiro atoms. The zero-order valence-corrected chi connectivity index (χ0v) is 14.8. The summed E-state index contributed by atoms with van der Waals surface area (Å²) in [6.07, 6.45) is 6.24. The van der Waals surface area contributed by atoms with Gasteiger partial charge in [0.05, 0.1) is 24.6 Å². The molecule has 6 heteroatoms. The average molecular weight is 335 g/mol. The third-order valence-corrected chi connectivity index (χ3v) is 5.28. The second-order valence-corrected chi connectivity index (χ2v) is 7.01. The van der Waals surface area contributed by atoms with E-state index in [1.54, 1.807) is 6.92 Å². The number of nitriles is 1. The standard InChI is InChI=1S/C18H29N3O3/c1-3-24-17(23)15-8-7-11-21(12-15)14(2)16(22)20-18(13-19)9-5-4-6-10-18/h14-15H,3-12H2,1-2H3,(H,20,22). The summed E-state index contributed by atoms with van der Waals surface area (Å²) in [4.78, 5) is 26.7. The highest BCUT2D eigenvalue weighted by atomic mass is 16.5. The van der Waals surface area contributed by atoms with Gasteiger partial charge in [0.2, 0.25) is 5.91 Å². The Bertz CT molecular complexity index is 494. The first kappa shape index (κ1) is 18.7. The van der Waals surface area contributed by atoms with Gasteiger partial charge in [-0.3, -0.25) is 14.5 Å². The topological polar surface area (TPSA) is 82.4 Å². The molecule has 0 bridgehead atoms. The maximum atomic E-state index is 12.7. The fourth-order valence-electron chi connectivity index (χ4n) is 3.74. The molecule has 0 aromatic carbocycles. The van der Waals surface area contributed by atoms with E-state index in [1.807, 2.05) is 11.8 Å². The number of piperidine rings is 1. The van der Waals surface area contributed by atoms with E-state index in [0.717, 1.165) is 51.5 Å². The van der Waals surface area contributed by atoms with E-state index < -0.39 is 5.54 Å². The number of carbonyl (C=O) groups excluding carboxylic acids is 2. The van der Waals surface area contributed by atoms with Crippen LogP contribution in [0.25, 0.3) is 0 Å². The number of rotatable bonds is 5. The number of nitrogens with zero attached hydrogens (tertiary/aromatic N) is 2. The van der Waals surface area contributed by atoms with Gasteiger partial charge < -0.3 is 10.1 Å². The number of hydrogen-bond donors (Lipinski definition) is 1.